The Balaban J connectivity index is 1.57. The van der Waals surface area contributed by atoms with Crippen LogP contribution in [0, 0.1) is 6.92 Å². The lowest BCUT2D eigenvalue weighted by Gasteiger charge is -2.07. The Kier molecular flexibility index (Phi) is 4.77. The van der Waals surface area contributed by atoms with Crippen molar-refractivity contribution >= 4 is 17.4 Å². The number of pyridine rings is 1. The van der Waals surface area contributed by atoms with Crippen LogP contribution in [0.5, 0.6) is 0 Å². The number of nitrogens with zero attached hydrogens (tertiary/aromatic N) is 2. The SMILES string of the molecule is COCc1ccc(NC(=O)NCc2cn3c(C)cccc3n2)cc1. The van der Waals surface area contributed by atoms with Gasteiger partial charge in [0.1, 0.15) is 5.65 Å². The number of nitrogens with one attached hydrogen (secondary N) is 2. The monoisotopic (exact) mass is 324 g/mol. The number of ether oxygens (including phenoxy) is 1. The molecular weight excluding hydrogens is 304 g/mol. The van der Waals surface area contributed by atoms with Gasteiger partial charge in [0.2, 0.25) is 0 Å². The highest BCUT2D eigenvalue weighted by atomic mass is 16.5. The smallest absolute Gasteiger partial charge is 0.319 e. The molecule has 2 N–H and O–H groups in total. The molecule has 0 saturated heterocycles. The fourth-order valence-corrected chi connectivity index (χ4v) is 2.48. The van der Waals surface area contributed by atoms with E-state index in [0.29, 0.717) is 13.2 Å². The minimum atomic E-state index is -0.261. The number of fused-ring (bicyclic) bond motifs is 1. The van der Waals surface area contributed by atoms with Gasteiger partial charge in [-0.25, -0.2) is 9.78 Å². The van der Waals surface area contributed by atoms with E-state index in [1.807, 2.05) is 60.0 Å². The lowest BCUT2D eigenvalue weighted by atomic mass is 10.2. The zero-order chi connectivity index (χ0) is 16.9. The maximum atomic E-state index is 12.0. The molecule has 0 atom stereocenters. The summed E-state index contributed by atoms with van der Waals surface area (Å²) in [7, 11) is 1.65. The standard InChI is InChI=1S/C18H20N4O2/c1-13-4-3-5-17-20-16(11-22(13)17)10-19-18(23)21-15-8-6-14(7-9-15)12-24-2/h3-9,11H,10,12H2,1-2H3,(H2,19,21,23). The van der Waals surface area contributed by atoms with Crippen LogP contribution in [0.1, 0.15) is 17.0 Å². The van der Waals surface area contributed by atoms with Crippen molar-refractivity contribution in [3.05, 3.63) is 65.6 Å². The van der Waals surface area contributed by atoms with Crippen LogP contribution < -0.4 is 10.6 Å². The first-order valence-corrected chi connectivity index (χ1v) is 7.72. The molecule has 1 aromatic carbocycles. The summed E-state index contributed by atoms with van der Waals surface area (Å²) in [6.45, 7) is 2.94. The Hall–Kier alpha value is -2.86. The van der Waals surface area contributed by atoms with E-state index in [9.17, 15) is 4.79 Å². The Bertz CT molecular complexity index is 840. The van der Waals surface area contributed by atoms with Crippen molar-refractivity contribution < 1.29 is 9.53 Å². The average molecular weight is 324 g/mol. The molecule has 0 aliphatic heterocycles. The summed E-state index contributed by atoms with van der Waals surface area (Å²) in [5.41, 5.74) is 4.59. The topological polar surface area (TPSA) is 67.7 Å². The predicted molar refractivity (Wildman–Crippen MR) is 92.9 cm³/mol. The first-order chi connectivity index (χ1) is 11.7. The number of carbonyl (C=O) groups is 1. The third-order valence-electron chi connectivity index (χ3n) is 3.70. The van der Waals surface area contributed by atoms with Gasteiger partial charge in [-0.3, -0.25) is 0 Å². The van der Waals surface area contributed by atoms with Crippen LogP contribution in [0.25, 0.3) is 5.65 Å². The first kappa shape index (κ1) is 16.0. The number of aromatic nitrogens is 2. The van der Waals surface area contributed by atoms with Crippen molar-refractivity contribution in [1.29, 1.82) is 0 Å². The normalized spacial score (nSPS) is 10.8. The number of hydrogen-bond donors (Lipinski definition) is 2. The third kappa shape index (κ3) is 3.72. The molecule has 0 bridgehead atoms. The number of aryl methyl sites for hydroxylation is 1. The molecule has 0 spiro atoms. The average Bonchev–Trinajstić information content (AvgIpc) is 3.00. The highest BCUT2D eigenvalue weighted by Crippen LogP contribution is 2.11. The number of anilines is 1. The number of amides is 2. The minimum Gasteiger partial charge on any atom is -0.380 e. The van der Waals surface area contributed by atoms with Crippen LogP contribution in [-0.2, 0) is 17.9 Å². The van der Waals surface area contributed by atoms with E-state index in [2.05, 4.69) is 15.6 Å². The lowest BCUT2D eigenvalue weighted by Crippen LogP contribution is -2.28. The molecule has 0 aliphatic rings. The van der Waals surface area contributed by atoms with Crippen molar-refractivity contribution in [2.45, 2.75) is 20.1 Å². The molecule has 2 amide bonds. The van der Waals surface area contributed by atoms with E-state index in [4.69, 9.17) is 4.74 Å². The second-order valence-electron chi connectivity index (χ2n) is 5.57. The van der Waals surface area contributed by atoms with E-state index >= 15 is 0 Å². The Morgan fingerprint density at radius 3 is 2.71 bits per heavy atom. The van der Waals surface area contributed by atoms with Crippen molar-refractivity contribution in [3.63, 3.8) is 0 Å². The summed E-state index contributed by atoms with van der Waals surface area (Å²) >= 11 is 0. The first-order valence-electron chi connectivity index (χ1n) is 7.72. The number of imidazole rings is 1. The van der Waals surface area contributed by atoms with Gasteiger partial charge in [0.05, 0.1) is 18.8 Å². The number of methoxy groups -OCH3 is 1. The molecule has 0 radical (unpaired) electrons. The fraction of sp³-hybridized carbons (Fsp3) is 0.222. The Morgan fingerprint density at radius 1 is 1.21 bits per heavy atom. The van der Waals surface area contributed by atoms with Crippen LogP contribution in [0.3, 0.4) is 0 Å². The molecule has 2 aromatic heterocycles. The molecule has 24 heavy (non-hydrogen) atoms. The number of hydrogen-bond acceptors (Lipinski definition) is 3. The van der Waals surface area contributed by atoms with Crippen LogP contribution in [0.15, 0.2) is 48.7 Å². The van der Waals surface area contributed by atoms with Crippen molar-refractivity contribution in [2.75, 3.05) is 12.4 Å². The summed E-state index contributed by atoms with van der Waals surface area (Å²) < 4.78 is 7.06. The number of benzene rings is 1. The molecular formula is C18H20N4O2. The summed E-state index contributed by atoms with van der Waals surface area (Å²) in [6, 6.07) is 13.2. The van der Waals surface area contributed by atoms with Gasteiger partial charge in [-0.1, -0.05) is 18.2 Å². The predicted octanol–water partition coefficient (Wildman–Crippen LogP) is 3.11. The van der Waals surface area contributed by atoms with E-state index < -0.39 is 0 Å². The number of urea groups is 1. The highest BCUT2D eigenvalue weighted by molar-refractivity contribution is 5.89. The highest BCUT2D eigenvalue weighted by Gasteiger charge is 2.06. The van der Waals surface area contributed by atoms with E-state index in [-0.39, 0.29) is 6.03 Å². The van der Waals surface area contributed by atoms with Gasteiger partial charge in [0, 0.05) is 24.7 Å². The van der Waals surface area contributed by atoms with Gasteiger partial charge < -0.3 is 19.8 Å². The second-order valence-corrected chi connectivity index (χ2v) is 5.57. The molecule has 3 aromatic rings. The van der Waals surface area contributed by atoms with Gasteiger partial charge >= 0.3 is 6.03 Å². The second kappa shape index (κ2) is 7.14. The largest absolute Gasteiger partial charge is 0.380 e. The van der Waals surface area contributed by atoms with Gasteiger partial charge in [0.15, 0.2) is 0 Å². The summed E-state index contributed by atoms with van der Waals surface area (Å²) in [5, 5.41) is 5.62. The van der Waals surface area contributed by atoms with Crippen molar-refractivity contribution in [1.82, 2.24) is 14.7 Å². The molecule has 0 saturated carbocycles. The lowest BCUT2D eigenvalue weighted by molar-refractivity contribution is 0.185. The number of rotatable bonds is 5. The van der Waals surface area contributed by atoms with Crippen LogP contribution in [0.4, 0.5) is 10.5 Å². The quantitative estimate of drug-likeness (QED) is 0.758. The van der Waals surface area contributed by atoms with E-state index in [1.165, 1.54) is 0 Å². The van der Waals surface area contributed by atoms with Crippen LogP contribution in [0.2, 0.25) is 0 Å². The Labute approximate surface area is 140 Å². The molecule has 6 nitrogen and oxygen atoms in total. The van der Waals surface area contributed by atoms with Crippen LogP contribution in [-0.4, -0.2) is 22.5 Å². The molecule has 0 fully saturated rings. The van der Waals surface area contributed by atoms with Crippen LogP contribution >= 0.6 is 0 Å². The molecule has 2 heterocycles. The summed E-state index contributed by atoms with van der Waals surface area (Å²) in [5.74, 6) is 0. The van der Waals surface area contributed by atoms with Crippen molar-refractivity contribution in [3.8, 4) is 0 Å². The van der Waals surface area contributed by atoms with Gasteiger partial charge in [-0.2, -0.15) is 0 Å². The summed E-state index contributed by atoms with van der Waals surface area (Å²) in [4.78, 5) is 16.5. The minimum absolute atomic E-state index is 0.261. The molecule has 6 heteroatoms. The van der Waals surface area contributed by atoms with Crippen molar-refractivity contribution in [2.24, 2.45) is 0 Å². The zero-order valence-corrected chi connectivity index (χ0v) is 13.7. The number of carbonyl (C=O) groups excluding carboxylic acids is 1. The molecule has 0 unspecified atom stereocenters. The molecule has 0 aliphatic carbocycles. The molecule has 3 rings (SSSR count). The fourth-order valence-electron chi connectivity index (χ4n) is 2.48. The third-order valence-corrected chi connectivity index (χ3v) is 3.70. The maximum Gasteiger partial charge on any atom is 0.319 e. The Morgan fingerprint density at radius 2 is 2.00 bits per heavy atom. The van der Waals surface area contributed by atoms with E-state index in [1.54, 1.807) is 7.11 Å². The zero-order valence-electron chi connectivity index (χ0n) is 13.7. The van der Waals surface area contributed by atoms with Gasteiger partial charge in [-0.15, -0.1) is 0 Å². The molecule has 124 valence electrons. The van der Waals surface area contributed by atoms with E-state index in [0.717, 1.165) is 28.3 Å². The van der Waals surface area contributed by atoms with Gasteiger partial charge in [0.25, 0.3) is 0 Å². The summed E-state index contributed by atoms with van der Waals surface area (Å²) in [6.07, 6.45) is 1.94. The maximum absolute atomic E-state index is 12.0. The van der Waals surface area contributed by atoms with Gasteiger partial charge in [-0.05, 0) is 36.8 Å².